The van der Waals surface area contributed by atoms with Gasteiger partial charge in [-0.3, -0.25) is 0 Å². The quantitative estimate of drug-likeness (QED) is 0.808. The van der Waals surface area contributed by atoms with Crippen LogP contribution in [-0.2, 0) is 13.6 Å². The van der Waals surface area contributed by atoms with Gasteiger partial charge in [0.25, 0.3) is 0 Å². The highest BCUT2D eigenvalue weighted by Crippen LogP contribution is 2.20. The van der Waals surface area contributed by atoms with Gasteiger partial charge in [0.2, 0.25) is 0 Å². The van der Waals surface area contributed by atoms with Crippen LogP contribution in [0.5, 0.6) is 0 Å². The molecule has 1 N–H and O–H groups in total. The van der Waals surface area contributed by atoms with E-state index in [1.807, 2.05) is 24.0 Å². The van der Waals surface area contributed by atoms with Crippen molar-refractivity contribution in [1.82, 2.24) is 30.0 Å². The Bertz CT molecular complexity index is 507. The molecule has 0 bridgehead atoms. The highest BCUT2D eigenvalue weighted by molar-refractivity contribution is 7.99. The first-order chi connectivity index (χ1) is 9.15. The Kier molecular flexibility index (Phi) is 4.86. The van der Waals surface area contributed by atoms with Gasteiger partial charge in [-0.2, -0.15) is 0 Å². The van der Waals surface area contributed by atoms with Gasteiger partial charge in [-0.05, 0) is 24.2 Å². The van der Waals surface area contributed by atoms with Crippen molar-refractivity contribution >= 4 is 11.8 Å². The van der Waals surface area contributed by atoms with Gasteiger partial charge in [0.1, 0.15) is 6.33 Å². The van der Waals surface area contributed by atoms with Gasteiger partial charge >= 0.3 is 0 Å². The summed E-state index contributed by atoms with van der Waals surface area (Å²) in [6, 6.07) is 0. The fourth-order valence-corrected chi connectivity index (χ4v) is 2.09. The molecule has 0 unspecified atom stereocenters. The van der Waals surface area contributed by atoms with E-state index >= 15 is 0 Å². The second kappa shape index (κ2) is 6.63. The zero-order chi connectivity index (χ0) is 13.7. The van der Waals surface area contributed by atoms with Crippen LogP contribution in [-0.4, -0.2) is 31.3 Å². The zero-order valence-electron chi connectivity index (χ0n) is 11.4. The molecule has 2 aromatic rings. The summed E-state index contributed by atoms with van der Waals surface area (Å²) in [7, 11) is 1.90. The van der Waals surface area contributed by atoms with Crippen molar-refractivity contribution in [3.05, 3.63) is 24.3 Å². The molecule has 0 saturated heterocycles. The summed E-state index contributed by atoms with van der Waals surface area (Å²) >= 11 is 1.41. The van der Waals surface area contributed by atoms with E-state index in [4.69, 9.17) is 0 Å². The first kappa shape index (κ1) is 14.0. The third-order valence-corrected chi connectivity index (χ3v) is 3.36. The van der Waals surface area contributed by atoms with Gasteiger partial charge in [0.15, 0.2) is 10.3 Å². The van der Waals surface area contributed by atoms with E-state index in [2.05, 4.69) is 39.3 Å². The van der Waals surface area contributed by atoms with E-state index in [-0.39, 0.29) is 0 Å². The molecular weight excluding hydrogens is 260 g/mol. The van der Waals surface area contributed by atoms with Gasteiger partial charge in [0, 0.05) is 31.5 Å². The first-order valence-electron chi connectivity index (χ1n) is 6.18. The fourth-order valence-electron chi connectivity index (χ4n) is 1.44. The molecule has 2 aromatic heterocycles. The van der Waals surface area contributed by atoms with Crippen LogP contribution in [0.3, 0.4) is 0 Å². The normalized spacial score (nSPS) is 11.2. The van der Waals surface area contributed by atoms with Gasteiger partial charge in [0.05, 0.1) is 0 Å². The van der Waals surface area contributed by atoms with Crippen molar-refractivity contribution in [2.75, 3.05) is 6.54 Å². The van der Waals surface area contributed by atoms with E-state index in [0.29, 0.717) is 11.1 Å². The summed E-state index contributed by atoms with van der Waals surface area (Å²) in [6.07, 6.45) is 5.35. The van der Waals surface area contributed by atoms with Crippen LogP contribution in [0.15, 0.2) is 29.0 Å². The van der Waals surface area contributed by atoms with E-state index in [1.54, 1.807) is 6.33 Å². The van der Waals surface area contributed by atoms with Crippen LogP contribution in [0.4, 0.5) is 0 Å². The van der Waals surface area contributed by atoms with Crippen molar-refractivity contribution in [2.45, 2.75) is 30.7 Å². The third kappa shape index (κ3) is 4.29. The molecule has 0 fully saturated rings. The summed E-state index contributed by atoms with van der Waals surface area (Å²) in [5, 5.41) is 12.6. The van der Waals surface area contributed by atoms with Crippen LogP contribution in [0.25, 0.3) is 0 Å². The lowest BCUT2D eigenvalue weighted by Crippen LogP contribution is -2.19. The van der Waals surface area contributed by atoms with Crippen molar-refractivity contribution in [2.24, 2.45) is 13.0 Å². The Morgan fingerprint density at radius 2 is 2.05 bits per heavy atom. The highest BCUT2D eigenvalue weighted by Gasteiger charge is 2.06. The molecule has 7 heteroatoms. The maximum atomic E-state index is 4.32. The Hall–Kier alpha value is -1.47. The minimum absolute atomic E-state index is 0.645. The van der Waals surface area contributed by atoms with E-state index < -0.39 is 0 Å². The number of rotatable bonds is 6. The maximum absolute atomic E-state index is 4.32. The molecule has 102 valence electrons. The molecule has 0 saturated carbocycles. The highest BCUT2D eigenvalue weighted by atomic mass is 32.2. The van der Waals surface area contributed by atoms with Crippen LogP contribution in [0.1, 0.15) is 19.4 Å². The minimum Gasteiger partial charge on any atom is -0.312 e. The Labute approximate surface area is 117 Å². The number of nitrogens with zero attached hydrogens (tertiary/aromatic N) is 5. The van der Waals surface area contributed by atoms with Crippen molar-refractivity contribution in [3.8, 4) is 0 Å². The van der Waals surface area contributed by atoms with Crippen molar-refractivity contribution in [1.29, 1.82) is 0 Å². The van der Waals surface area contributed by atoms with E-state index in [1.165, 1.54) is 11.8 Å². The molecule has 0 aliphatic carbocycles. The number of aromatic nitrogens is 5. The third-order valence-electron chi connectivity index (χ3n) is 2.42. The van der Waals surface area contributed by atoms with Gasteiger partial charge in [-0.15, -0.1) is 10.2 Å². The van der Waals surface area contributed by atoms with Crippen LogP contribution in [0.2, 0.25) is 0 Å². The van der Waals surface area contributed by atoms with Crippen LogP contribution < -0.4 is 5.32 Å². The molecule has 0 spiro atoms. The van der Waals surface area contributed by atoms with Gasteiger partial charge in [-0.1, -0.05) is 13.8 Å². The first-order valence-corrected chi connectivity index (χ1v) is 7.00. The Morgan fingerprint density at radius 1 is 1.32 bits per heavy atom. The summed E-state index contributed by atoms with van der Waals surface area (Å²) < 4.78 is 1.84. The second-order valence-corrected chi connectivity index (χ2v) is 5.66. The molecule has 0 radical (unpaired) electrons. The molecule has 0 aliphatic heterocycles. The summed E-state index contributed by atoms with van der Waals surface area (Å²) in [5.74, 6) is 0.645. The van der Waals surface area contributed by atoms with Crippen LogP contribution in [0, 0.1) is 5.92 Å². The molecule has 0 atom stereocenters. The van der Waals surface area contributed by atoms with Gasteiger partial charge < -0.3 is 9.88 Å². The predicted octanol–water partition coefficient (Wildman–Crippen LogP) is 1.50. The SMILES string of the molecule is CC(C)CNCc1cnc(Sc2nncn2C)nc1. The average Bonchev–Trinajstić information content (AvgIpc) is 2.77. The molecule has 0 aliphatic rings. The largest absolute Gasteiger partial charge is 0.312 e. The standard InChI is InChI=1S/C12H18N6S/c1-9(2)4-13-5-10-6-14-11(15-7-10)19-12-17-16-8-18(12)3/h6-9,13H,4-5H2,1-3H3. The molecular formula is C12H18N6S. The summed E-state index contributed by atoms with van der Waals surface area (Å²) in [4.78, 5) is 8.65. The lowest BCUT2D eigenvalue weighted by atomic mass is 10.2. The van der Waals surface area contributed by atoms with Crippen molar-refractivity contribution in [3.63, 3.8) is 0 Å². The lowest BCUT2D eigenvalue weighted by molar-refractivity contribution is 0.550. The predicted molar refractivity (Wildman–Crippen MR) is 73.7 cm³/mol. The lowest BCUT2D eigenvalue weighted by Gasteiger charge is -2.07. The Balaban J connectivity index is 1.89. The van der Waals surface area contributed by atoms with E-state index in [0.717, 1.165) is 23.8 Å². The monoisotopic (exact) mass is 278 g/mol. The van der Waals surface area contributed by atoms with Crippen molar-refractivity contribution < 1.29 is 0 Å². The zero-order valence-corrected chi connectivity index (χ0v) is 12.2. The number of nitrogens with one attached hydrogen (secondary N) is 1. The number of hydrogen-bond acceptors (Lipinski definition) is 6. The summed E-state index contributed by atoms with van der Waals surface area (Å²) in [5.41, 5.74) is 1.09. The molecule has 2 heterocycles. The molecule has 6 nitrogen and oxygen atoms in total. The Morgan fingerprint density at radius 3 is 2.63 bits per heavy atom. The smallest absolute Gasteiger partial charge is 0.198 e. The average molecular weight is 278 g/mol. The maximum Gasteiger partial charge on any atom is 0.198 e. The number of hydrogen-bond donors (Lipinski definition) is 1. The molecule has 0 aromatic carbocycles. The van der Waals surface area contributed by atoms with Gasteiger partial charge in [-0.25, -0.2) is 9.97 Å². The minimum atomic E-state index is 0.645. The van der Waals surface area contributed by atoms with E-state index in [9.17, 15) is 0 Å². The van der Waals surface area contributed by atoms with Crippen LogP contribution >= 0.6 is 11.8 Å². The molecule has 19 heavy (non-hydrogen) atoms. The fraction of sp³-hybridized carbons (Fsp3) is 0.500. The topological polar surface area (TPSA) is 68.5 Å². The second-order valence-electron chi connectivity index (χ2n) is 4.73. The number of aryl methyl sites for hydroxylation is 1. The molecule has 0 amide bonds. The summed E-state index contributed by atoms with van der Waals surface area (Å²) in [6.45, 7) is 6.16. The molecule has 2 rings (SSSR count).